The van der Waals surface area contributed by atoms with Crippen molar-refractivity contribution in [1.82, 2.24) is 23.7 Å². The third-order valence-electron chi connectivity index (χ3n) is 4.98. The number of nitrogens with one attached hydrogen (secondary N) is 1. The van der Waals surface area contributed by atoms with E-state index in [0.717, 1.165) is 16.4 Å². The lowest BCUT2D eigenvalue weighted by Gasteiger charge is -2.34. The van der Waals surface area contributed by atoms with E-state index in [4.69, 9.17) is 0 Å². The molecule has 2 aromatic heterocycles. The van der Waals surface area contributed by atoms with E-state index in [1.807, 2.05) is 0 Å². The zero-order valence-electron chi connectivity index (χ0n) is 15.8. The van der Waals surface area contributed by atoms with Gasteiger partial charge in [0.1, 0.15) is 16.5 Å². The number of benzene rings is 1. The SMILES string of the molecule is Cn1cnc2[nH]c(=O)cc(C(=O)N3CCN(S(=O)(=O)c4ccc(F)cc4F)CC3)c21. The Morgan fingerprint density at radius 3 is 2.50 bits per heavy atom. The second-order valence-corrected chi connectivity index (χ2v) is 8.78. The monoisotopic (exact) mass is 437 g/mol. The van der Waals surface area contributed by atoms with Crippen LogP contribution < -0.4 is 5.56 Å². The molecule has 0 unspecified atom stereocenters. The zero-order valence-corrected chi connectivity index (χ0v) is 16.6. The average Bonchev–Trinajstić information content (AvgIpc) is 3.07. The van der Waals surface area contributed by atoms with Crippen LogP contribution in [0.3, 0.4) is 0 Å². The number of H-pyrrole nitrogens is 1. The third-order valence-corrected chi connectivity index (χ3v) is 6.91. The summed E-state index contributed by atoms with van der Waals surface area (Å²) < 4.78 is 55.1. The van der Waals surface area contributed by atoms with Gasteiger partial charge in [0.25, 0.3) is 5.91 Å². The maximum Gasteiger partial charge on any atom is 0.256 e. The van der Waals surface area contributed by atoms with E-state index in [0.29, 0.717) is 11.6 Å². The van der Waals surface area contributed by atoms with E-state index >= 15 is 0 Å². The van der Waals surface area contributed by atoms with Gasteiger partial charge in [-0.05, 0) is 12.1 Å². The summed E-state index contributed by atoms with van der Waals surface area (Å²) in [6.07, 6.45) is 1.47. The number of carbonyl (C=O) groups is 1. The standard InChI is InChI=1S/C18H17F2N5O4S/c1-23-10-21-17-16(23)12(9-15(26)22-17)18(27)24-4-6-25(7-5-24)30(28,29)14-3-2-11(19)8-13(14)20/h2-3,8-10H,4-7H2,1H3,(H,22,26). The van der Waals surface area contributed by atoms with Gasteiger partial charge in [-0.25, -0.2) is 22.2 Å². The van der Waals surface area contributed by atoms with Crippen LogP contribution in [0.1, 0.15) is 10.4 Å². The van der Waals surface area contributed by atoms with Crippen LogP contribution >= 0.6 is 0 Å². The van der Waals surface area contributed by atoms with Crippen LogP contribution in [-0.2, 0) is 17.1 Å². The highest BCUT2D eigenvalue weighted by atomic mass is 32.2. The Labute approximate surface area is 169 Å². The number of imidazole rings is 1. The Morgan fingerprint density at radius 1 is 1.13 bits per heavy atom. The first-order valence-corrected chi connectivity index (χ1v) is 10.4. The number of aromatic nitrogens is 3. The van der Waals surface area contributed by atoms with Gasteiger partial charge in [0, 0.05) is 45.4 Å². The molecule has 1 aromatic carbocycles. The maximum absolute atomic E-state index is 14.0. The highest BCUT2D eigenvalue weighted by Gasteiger charge is 2.33. The highest BCUT2D eigenvalue weighted by molar-refractivity contribution is 7.89. The number of pyridine rings is 1. The van der Waals surface area contributed by atoms with Gasteiger partial charge >= 0.3 is 0 Å². The zero-order chi connectivity index (χ0) is 21.6. The van der Waals surface area contributed by atoms with Gasteiger partial charge in [-0.3, -0.25) is 9.59 Å². The Kier molecular flexibility index (Phi) is 4.90. The summed E-state index contributed by atoms with van der Waals surface area (Å²) in [6.45, 7) is -0.0364. The molecule has 158 valence electrons. The molecule has 1 amide bonds. The first-order valence-electron chi connectivity index (χ1n) is 8.97. The number of piperazine rings is 1. The predicted octanol–water partition coefficient (Wildman–Crippen LogP) is 0.687. The van der Waals surface area contributed by atoms with Gasteiger partial charge in [0.15, 0.2) is 5.65 Å². The summed E-state index contributed by atoms with van der Waals surface area (Å²) in [5, 5.41) is 0. The molecule has 0 aliphatic carbocycles. The lowest BCUT2D eigenvalue weighted by Crippen LogP contribution is -2.50. The minimum atomic E-state index is -4.18. The molecule has 9 nitrogen and oxygen atoms in total. The number of fused-ring (bicyclic) bond motifs is 1. The first kappa shape index (κ1) is 20.2. The smallest absolute Gasteiger partial charge is 0.256 e. The molecule has 3 aromatic rings. The van der Waals surface area contributed by atoms with Crippen LogP contribution in [0.5, 0.6) is 0 Å². The van der Waals surface area contributed by atoms with Gasteiger partial charge < -0.3 is 14.5 Å². The van der Waals surface area contributed by atoms with Crippen LogP contribution in [0.25, 0.3) is 11.2 Å². The lowest BCUT2D eigenvalue weighted by molar-refractivity contribution is 0.0699. The number of hydrogen-bond donors (Lipinski definition) is 1. The molecular weight excluding hydrogens is 420 g/mol. The summed E-state index contributed by atoms with van der Waals surface area (Å²) >= 11 is 0. The van der Waals surface area contributed by atoms with Crippen LogP contribution in [0.15, 0.2) is 40.3 Å². The Bertz CT molecular complexity index is 1310. The van der Waals surface area contributed by atoms with Crippen molar-refractivity contribution in [2.45, 2.75) is 4.90 Å². The molecule has 4 rings (SSSR count). The van der Waals surface area contributed by atoms with E-state index in [1.165, 1.54) is 17.3 Å². The maximum atomic E-state index is 14.0. The summed E-state index contributed by atoms with van der Waals surface area (Å²) in [4.78, 5) is 32.3. The van der Waals surface area contributed by atoms with Gasteiger partial charge in [-0.15, -0.1) is 0 Å². The number of halogens is 2. The Morgan fingerprint density at radius 2 is 1.83 bits per heavy atom. The van der Waals surface area contributed by atoms with Gasteiger partial charge in [0.2, 0.25) is 15.6 Å². The van der Waals surface area contributed by atoms with Crippen molar-refractivity contribution in [3.8, 4) is 0 Å². The molecule has 1 saturated heterocycles. The number of carbonyl (C=O) groups excluding carboxylic acids is 1. The molecule has 0 atom stereocenters. The average molecular weight is 437 g/mol. The molecule has 3 heterocycles. The summed E-state index contributed by atoms with van der Waals surface area (Å²) in [5.41, 5.74) is 0.427. The molecule has 1 aliphatic heterocycles. The van der Waals surface area contributed by atoms with Gasteiger partial charge in [0.05, 0.1) is 17.4 Å². The minimum absolute atomic E-state index is 0.0486. The van der Waals surface area contributed by atoms with Crippen LogP contribution in [0.4, 0.5) is 8.78 Å². The molecule has 1 aliphatic rings. The van der Waals surface area contributed by atoms with Crippen LogP contribution in [0.2, 0.25) is 0 Å². The number of aromatic amines is 1. The second kappa shape index (κ2) is 7.29. The largest absolute Gasteiger partial charge is 0.336 e. The molecule has 0 saturated carbocycles. The van der Waals surface area contributed by atoms with E-state index in [2.05, 4.69) is 9.97 Å². The fraction of sp³-hybridized carbons (Fsp3) is 0.278. The molecule has 30 heavy (non-hydrogen) atoms. The number of sulfonamides is 1. The van der Waals surface area contributed by atoms with Crippen LogP contribution in [0, 0.1) is 11.6 Å². The number of aryl methyl sites for hydroxylation is 1. The van der Waals surface area contributed by atoms with E-state index in [1.54, 1.807) is 11.6 Å². The molecule has 1 fully saturated rings. The predicted molar refractivity (Wildman–Crippen MR) is 102 cm³/mol. The third kappa shape index (κ3) is 3.37. The number of rotatable bonds is 3. The van der Waals surface area contributed by atoms with Crippen molar-refractivity contribution >= 4 is 27.1 Å². The molecular formula is C18H17F2N5O4S. The molecule has 0 radical (unpaired) electrons. The fourth-order valence-corrected chi connectivity index (χ4v) is 4.95. The normalized spacial score (nSPS) is 15.6. The first-order chi connectivity index (χ1) is 14.2. The second-order valence-electron chi connectivity index (χ2n) is 6.87. The van der Waals surface area contributed by atoms with Crippen LogP contribution in [-0.4, -0.2) is 64.2 Å². The lowest BCUT2D eigenvalue weighted by atomic mass is 10.2. The van der Waals surface area contributed by atoms with Crippen molar-refractivity contribution < 1.29 is 22.0 Å². The minimum Gasteiger partial charge on any atom is -0.336 e. The Balaban J connectivity index is 1.56. The van der Waals surface area contributed by atoms with Crippen molar-refractivity contribution in [3.63, 3.8) is 0 Å². The topological polar surface area (TPSA) is 108 Å². The highest BCUT2D eigenvalue weighted by Crippen LogP contribution is 2.22. The quantitative estimate of drug-likeness (QED) is 0.649. The fourth-order valence-electron chi connectivity index (χ4n) is 3.48. The number of hydrogen-bond acceptors (Lipinski definition) is 5. The van der Waals surface area contributed by atoms with Gasteiger partial charge in [-0.2, -0.15) is 4.31 Å². The molecule has 1 N–H and O–H groups in total. The van der Waals surface area contributed by atoms with E-state index in [-0.39, 0.29) is 37.4 Å². The summed E-state index contributed by atoms with van der Waals surface area (Å²) in [5.74, 6) is -2.48. The van der Waals surface area contributed by atoms with Crippen molar-refractivity contribution in [2.24, 2.45) is 7.05 Å². The summed E-state index contributed by atoms with van der Waals surface area (Å²) in [7, 11) is -2.49. The number of amides is 1. The van der Waals surface area contributed by atoms with E-state index < -0.39 is 38.0 Å². The van der Waals surface area contributed by atoms with Gasteiger partial charge in [-0.1, -0.05) is 0 Å². The van der Waals surface area contributed by atoms with Crippen molar-refractivity contribution in [2.75, 3.05) is 26.2 Å². The van der Waals surface area contributed by atoms with Crippen molar-refractivity contribution in [1.29, 1.82) is 0 Å². The molecule has 0 spiro atoms. The number of nitrogens with zero attached hydrogens (tertiary/aromatic N) is 4. The van der Waals surface area contributed by atoms with Crippen molar-refractivity contribution in [3.05, 3.63) is 58.1 Å². The molecule has 0 bridgehead atoms. The van der Waals surface area contributed by atoms with E-state index in [9.17, 15) is 26.8 Å². The Hall–Kier alpha value is -3.12. The molecule has 12 heteroatoms. The summed E-state index contributed by atoms with van der Waals surface area (Å²) in [6, 6.07) is 3.46.